The molecule has 0 aliphatic rings. The van der Waals surface area contributed by atoms with Crippen molar-refractivity contribution in [1.82, 2.24) is 24.5 Å². The van der Waals surface area contributed by atoms with Gasteiger partial charge in [-0.1, -0.05) is 12.1 Å². The fourth-order valence-electron chi connectivity index (χ4n) is 3.44. The van der Waals surface area contributed by atoms with E-state index in [-0.39, 0.29) is 24.4 Å². The molecule has 144 valence electrons. The number of halogens is 2. The van der Waals surface area contributed by atoms with Gasteiger partial charge in [0.15, 0.2) is 0 Å². The summed E-state index contributed by atoms with van der Waals surface area (Å²) in [6, 6.07) is 7.96. The molecule has 2 heterocycles. The predicted molar refractivity (Wildman–Crippen MR) is 96.4 cm³/mol. The number of aliphatic hydroxyl groups is 1. The minimum absolute atomic E-state index is 0.0639. The summed E-state index contributed by atoms with van der Waals surface area (Å²) in [5.74, 6) is -1.55. The van der Waals surface area contributed by atoms with E-state index in [0.717, 1.165) is 12.1 Å². The lowest BCUT2D eigenvalue weighted by Crippen LogP contribution is -2.37. The van der Waals surface area contributed by atoms with Crippen molar-refractivity contribution >= 4 is 10.9 Å². The van der Waals surface area contributed by atoms with Crippen LogP contribution in [0, 0.1) is 18.6 Å². The molecule has 0 aliphatic heterocycles. The predicted octanol–water partition coefficient (Wildman–Crippen LogP) is 2.51. The number of aromatic hydroxyl groups is 1. The first-order chi connectivity index (χ1) is 13.4. The molecule has 2 aromatic carbocycles. The number of phenols is 1. The SMILES string of the molecule is Cc1nn(CC(O)(Cn2cncn2)c2ccc(F)cc2F)c2cccc(O)c12. The van der Waals surface area contributed by atoms with Crippen molar-refractivity contribution < 1.29 is 19.0 Å². The van der Waals surface area contributed by atoms with Crippen LogP contribution < -0.4 is 0 Å². The Morgan fingerprint density at radius 3 is 2.68 bits per heavy atom. The van der Waals surface area contributed by atoms with Crippen molar-refractivity contribution in [1.29, 1.82) is 0 Å². The zero-order valence-electron chi connectivity index (χ0n) is 14.9. The molecule has 28 heavy (non-hydrogen) atoms. The number of hydrogen-bond donors (Lipinski definition) is 2. The largest absolute Gasteiger partial charge is 0.507 e. The summed E-state index contributed by atoms with van der Waals surface area (Å²) >= 11 is 0. The van der Waals surface area contributed by atoms with E-state index in [2.05, 4.69) is 15.2 Å². The Bertz CT molecular complexity index is 1140. The standard InChI is InChI=1S/C19H17F2N5O2/c1-12-18-16(3-2-4-17(18)27)26(24-12)9-19(28,8-25-11-22-10-23-25)14-6-5-13(20)7-15(14)21/h2-7,10-11,27-28H,8-9H2,1H3. The first kappa shape index (κ1) is 18.1. The molecular weight excluding hydrogens is 368 g/mol. The maximum absolute atomic E-state index is 14.5. The van der Waals surface area contributed by atoms with E-state index in [9.17, 15) is 19.0 Å². The Hall–Kier alpha value is -3.33. The second kappa shape index (κ2) is 6.68. The summed E-state index contributed by atoms with van der Waals surface area (Å²) in [4.78, 5) is 3.84. The van der Waals surface area contributed by atoms with E-state index in [1.807, 2.05) is 0 Å². The number of aryl methyl sites for hydroxylation is 1. The van der Waals surface area contributed by atoms with Crippen molar-refractivity contribution in [3.63, 3.8) is 0 Å². The normalized spacial score (nSPS) is 13.7. The molecule has 0 saturated carbocycles. The highest BCUT2D eigenvalue weighted by Crippen LogP contribution is 2.32. The molecule has 1 atom stereocenters. The number of aromatic nitrogens is 5. The molecule has 0 radical (unpaired) electrons. The quantitative estimate of drug-likeness (QED) is 0.551. The number of benzene rings is 2. The number of nitrogens with zero attached hydrogens (tertiary/aromatic N) is 5. The van der Waals surface area contributed by atoms with Gasteiger partial charge in [0.05, 0.1) is 29.7 Å². The second-order valence-electron chi connectivity index (χ2n) is 6.66. The minimum Gasteiger partial charge on any atom is -0.507 e. The Kier molecular flexibility index (Phi) is 4.31. The molecule has 2 aromatic heterocycles. The van der Waals surface area contributed by atoms with Gasteiger partial charge < -0.3 is 10.2 Å². The highest BCUT2D eigenvalue weighted by atomic mass is 19.1. The molecule has 1 unspecified atom stereocenters. The molecule has 0 fully saturated rings. The Labute approximate surface area is 158 Å². The summed E-state index contributed by atoms with van der Waals surface area (Å²) in [6.45, 7) is 1.45. The molecule has 4 aromatic rings. The molecule has 0 aliphatic carbocycles. The van der Waals surface area contributed by atoms with E-state index in [1.165, 1.54) is 28.1 Å². The van der Waals surface area contributed by atoms with Gasteiger partial charge in [-0.15, -0.1) is 0 Å². The van der Waals surface area contributed by atoms with Crippen molar-refractivity contribution in [2.45, 2.75) is 25.6 Å². The van der Waals surface area contributed by atoms with Gasteiger partial charge in [-0.2, -0.15) is 10.2 Å². The summed E-state index contributed by atoms with van der Waals surface area (Å²) in [5.41, 5.74) is -0.749. The summed E-state index contributed by atoms with van der Waals surface area (Å²) in [7, 11) is 0. The molecule has 0 spiro atoms. The first-order valence-electron chi connectivity index (χ1n) is 8.53. The first-order valence-corrected chi connectivity index (χ1v) is 8.53. The van der Waals surface area contributed by atoms with Gasteiger partial charge in [-0.25, -0.2) is 18.4 Å². The smallest absolute Gasteiger partial charge is 0.137 e. The topological polar surface area (TPSA) is 89.0 Å². The monoisotopic (exact) mass is 385 g/mol. The van der Waals surface area contributed by atoms with Crippen molar-refractivity contribution in [3.8, 4) is 5.75 Å². The highest BCUT2D eigenvalue weighted by Gasteiger charge is 2.35. The Balaban J connectivity index is 1.84. The van der Waals surface area contributed by atoms with Crippen LogP contribution in [-0.2, 0) is 18.7 Å². The van der Waals surface area contributed by atoms with E-state index in [1.54, 1.807) is 25.1 Å². The van der Waals surface area contributed by atoms with Gasteiger partial charge in [-0.3, -0.25) is 4.68 Å². The molecular formula is C19H17F2N5O2. The number of hydrogen-bond acceptors (Lipinski definition) is 5. The van der Waals surface area contributed by atoms with Gasteiger partial charge in [0, 0.05) is 11.6 Å². The van der Waals surface area contributed by atoms with Crippen LogP contribution in [0.1, 0.15) is 11.3 Å². The lowest BCUT2D eigenvalue weighted by atomic mass is 9.92. The summed E-state index contributed by atoms with van der Waals surface area (Å²) in [6.07, 6.45) is 2.69. The highest BCUT2D eigenvalue weighted by molar-refractivity contribution is 5.87. The van der Waals surface area contributed by atoms with Gasteiger partial charge in [0.2, 0.25) is 0 Å². The van der Waals surface area contributed by atoms with E-state index < -0.39 is 17.2 Å². The fourth-order valence-corrected chi connectivity index (χ4v) is 3.44. The Morgan fingerprint density at radius 2 is 1.96 bits per heavy atom. The number of fused-ring (bicyclic) bond motifs is 1. The van der Waals surface area contributed by atoms with E-state index in [0.29, 0.717) is 16.6 Å². The maximum atomic E-state index is 14.5. The minimum atomic E-state index is -1.80. The van der Waals surface area contributed by atoms with Crippen LogP contribution in [0.3, 0.4) is 0 Å². The maximum Gasteiger partial charge on any atom is 0.137 e. The summed E-state index contributed by atoms with van der Waals surface area (Å²) in [5, 5.41) is 30.5. The van der Waals surface area contributed by atoms with Crippen molar-refractivity contribution in [2.75, 3.05) is 0 Å². The third kappa shape index (κ3) is 3.09. The Morgan fingerprint density at radius 1 is 1.14 bits per heavy atom. The van der Waals surface area contributed by atoms with Gasteiger partial charge in [0.25, 0.3) is 0 Å². The van der Waals surface area contributed by atoms with Crippen LogP contribution in [0.25, 0.3) is 10.9 Å². The van der Waals surface area contributed by atoms with Crippen molar-refractivity contribution in [2.24, 2.45) is 0 Å². The molecule has 0 amide bonds. The van der Waals surface area contributed by atoms with Crippen LogP contribution in [0.5, 0.6) is 5.75 Å². The third-order valence-corrected chi connectivity index (χ3v) is 4.67. The van der Waals surface area contributed by atoms with Crippen LogP contribution in [0.2, 0.25) is 0 Å². The average molecular weight is 385 g/mol. The molecule has 9 heteroatoms. The van der Waals surface area contributed by atoms with Crippen LogP contribution in [-0.4, -0.2) is 34.8 Å². The van der Waals surface area contributed by atoms with Gasteiger partial charge >= 0.3 is 0 Å². The zero-order valence-corrected chi connectivity index (χ0v) is 14.9. The van der Waals surface area contributed by atoms with Gasteiger partial charge in [0.1, 0.15) is 35.6 Å². The summed E-state index contributed by atoms with van der Waals surface area (Å²) < 4.78 is 30.8. The molecule has 0 bridgehead atoms. The van der Waals surface area contributed by atoms with E-state index in [4.69, 9.17) is 0 Å². The fraction of sp³-hybridized carbons (Fsp3) is 0.211. The molecule has 2 N–H and O–H groups in total. The lowest BCUT2D eigenvalue weighted by molar-refractivity contribution is -0.00740. The van der Waals surface area contributed by atoms with Crippen LogP contribution >= 0.6 is 0 Å². The van der Waals surface area contributed by atoms with E-state index >= 15 is 0 Å². The third-order valence-electron chi connectivity index (χ3n) is 4.67. The van der Waals surface area contributed by atoms with Gasteiger partial charge in [-0.05, 0) is 25.1 Å². The number of phenolic OH excluding ortho intramolecular Hbond substituents is 1. The van der Waals surface area contributed by atoms with Crippen molar-refractivity contribution in [3.05, 3.63) is 71.9 Å². The molecule has 4 rings (SSSR count). The lowest BCUT2D eigenvalue weighted by Gasteiger charge is -2.29. The second-order valence-corrected chi connectivity index (χ2v) is 6.66. The molecule has 0 saturated heterocycles. The number of rotatable bonds is 5. The zero-order chi connectivity index (χ0) is 19.9. The molecule has 7 nitrogen and oxygen atoms in total. The average Bonchev–Trinajstić information content (AvgIpc) is 3.23. The van der Waals surface area contributed by atoms with Crippen LogP contribution in [0.4, 0.5) is 8.78 Å². The van der Waals surface area contributed by atoms with Crippen LogP contribution in [0.15, 0.2) is 49.1 Å².